The molecule has 1 aliphatic carbocycles. The zero-order valence-electron chi connectivity index (χ0n) is 7.91. The Balaban J connectivity index is 2.42. The molecule has 0 saturated heterocycles. The SMILES string of the molecule is NC1(c2ccc([N+](=O)[O-])cc2F)CC1(F)F. The van der Waals surface area contributed by atoms with Gasteiger partial charge >= 0.3 is 0 Å². The smallest absolute Gasteiger partial charge is 0.272 e. The molecule has 0 amide bonds. The Hall–Kier alpha value is -1.63. The lowest BCUT2D eigenvalue weighted by Crippen LogP contribution is -2.28. The molecule has 1 saturated carbocycles. The average molecular weight is 232 g/mol. The van der Waals surface area contributed by atoms with Gasteiger partial charge in [0.2, 0.25) is 0 Å². The maximum Gasteiger partial charge on any atom is 0.272 e. The molecule has 7 heteroatoms. The Labute approximate surface area is 88.0 Å². The van der Waals surface area contributed by atoms with Gasteiger partial charge in [-0.1, -0.05) is 0 Å². The van der Waals surface area contributed by atoms with E-state index >= 15 is 0 Å². The van der Waals surface area contributed by atoms with Crippen LogP contribution in [0.15, 0.2) is 18.2 Å². The number of nitrogens with zero attached hydrogens (tertiary/aromatic N) is 1. The molecule has 0 bridgehead atoms. The Morgan fingerprint density at radius 2 is 2.00 bits per heavy atom. The molecule has 16 heavy (non-hydrogen) atoms. The summed E-state index contributed by atoms with van der Waals surface area (Å²) in [6.45, 7) is 0. The third kappa shape index (κ3) is 1.35. The number of nitrogens with two attached hydrogens (primary N) is 1. The fourth-order valence-corrected chi connectivity index (χ4v) is 1.58. The van der Waals surface area contributed by atoms with Crippen LogP contribution in [0.3, 0.4) is 0 Å². The van der Waals surface area contributed by atoms with Crippen molar-refractivity contribution in [2.24, 2.45) is 5.73 Å². The molecule has 1 aromatic rings. The monoisotopic (exact) mass is 232 g/mol. The number of non-ortho nitro benzene ring substituents is 1. The summed E-state index contributed by atoms with van der Waals surface area (Å²) >= 11 is 0. The second-order valence-electron chi connectivity index (χ2n) is 3.77. The average Bonchev–Trinajstić information content (AvgIpc) is 2.66. The Morgan fingerprint density at radius 3 is 2.38 bits per heavy atom. The van der Waals surface area contributed by atoms with E-state index in [2.05, 4.69) is 0 Å². The summed E-state index contributed by atoms with van der Waals surface area (Å²) in [5.74, 6) is -4.22. The van der Waals surface area contributed by atoms with Gasteiger partial charge in [-0.25, -0.2) is 13.2 Å². The van der Waals surface area contributed by atoms with Crippen molar-refractivity contribution < 1.29 is 18.1 Å². The van der Waals surface area contributed by atoms with Crippen molar-refractivity contribution in [3.63, 3.8) is 0 Å². The molecular formula is C9H7F3N2O2. The van der Waals surface area contributed by atoms with Crippen molar-refractivity contribution in [1.29, 1.82) is 0 Å². The lowest BCUT2D eigenvalue weighted by atomic mass is 10.0. The second kappa shape index (κ2) is 2.94. The molecule has 2 rings (SSSR count). The molecule has 1 unspecified atom stereocenters. The summed E-state index contributed by atoms with van der Waals surface area (Å²) < 4.78 is 39.1. The molecular weight excluding hydrogens is 225 g/mol. The number of benzene rings is 1. The fourth-order valence-electron chi connectivity index (χ4n) is 1.58. The zero-order chi connectivity index (χ0) is 12.1. The van der Waals surface area contributed by atoms with Crippen LogP contribution in [0.5, 0.6) is 0 Å². The van der Waals surface area contributed by atoms with Crippen LogP contribution in [-0.4, -0.2) is 10.8 Å². The number of rotatable bonds is 2. The van der Waals surface area contributed by atoms with Gasteiger partial charge in [-0.3, -0.25) is 10.1 Å². The minimum Gasteiger partial charge on any atom is -0.316 e. The number of nitro benzene ring substituents is 1. The molecule has 2 N–H and O–H groups in total. The Kier molecular flexibility index (Phi) is 2.00. The molecule has 0 aliphatic heterocycles. The first-order valence-electron chi connectivity index (χ1n) is 4.39. The molecule has 1 aliphatic rings. The molecule has 0 heterocycles. The van der Waals surface area contributed by atoms with Crippen LogP contribution in [0.4, 0.5) is 18.9 Å². The van der Waals surface area contributed by atoms with E-state index in [0.29, 0.717) is 6.07 Å². The van der Waals surface area contributed by atoms with Crippen LogP contribution in [0, 0.1) is 15.9 Å². The molecule has 1 aromatic carbocycles. The van der Waals surface area contributed by atoms with E-state index < -0.39 is 34.3 Å². The van der Waals surface area contributed by atoms with Gasteiger partial charge in [-0.15, -0.1) is 0 Å². The normalized spacial score (nSPS) is 26.5. The first kappa shape index (κ1) is 10.9. The molecule has 0 aromatic heterocycles. The Morgan fingerprint density at radius 1 is 1.44 bits per heavy atom. The van der Waals surface area contributed by atoms with Crippen molar-refractivity contribution in [2.45, 2.75) is 17.9 Å². The maximum absolute atomic E-state index is 13.4. The molecule has 1 fully saturated rings. The summed E-state index contributed by atoms with van der Waals surface area (Å²) in [5.41, 5.74) is 2.41. The lowest BCUT2D eigenvalue weighted by molar-refractivity contribution is -0.385. The number of nitro groups is 1. The summed E-state index contributed by atoms with van der Waals surface area (Å²) in [5, 5.41) is 10.3. The van der Waals surface area contributed by atoms with E-state index in [0.717, 1.165) is 12.1 Å². The van der Waals surface area contributed by atoms with Gasteiger partial charge in [-0.05, 0) is 6.07 Å². The van der Waals surface area contributed by atoms with E-state index in [4.69, 9.17) is 5.73 Å². The van der Waals surface area contributed by atoms with Crippen molar-refractivity contribution in [1.82, 2.24) is 0 Å². The van der Waals surface area contributed by atoms with Crippen molar-refractivity contribution >= 4 is 5.69 Å². The van der Waals surface area contributed by atoms with Gasteiger partial charge in [0.05, 0.1) is 11.0 Å². The van der Waals surface area contributed by atoms with Crippen molar-refractivity contribution in [2.75, 3.05) is 0 Å². The Bertz CT molecular complexity index is 478. The van der Waals surface area contributed by atoms with Crippen LogP contribution in [0.2, 0.25) is 0 Å². The second-order valence-corrected chi connectivity index (χ2v) is 3.77. The minimum atomic E-state index is -3.15. The number of hydrogen-bond donors (Lipinski definition) is 1. The van der Waals surface area contributed by atoms with Gasteiger partial charge in [-0.2, -0.15) is 0 Å². The topological polar surface area (TPSA) is 69.2 Å². The van der Waals surface area contributed by atoms with E-state index in [1.807, 2.05) is 0 Å². The fraction of sp³-hybridized carbons (Fsp3) is 0.333. The highest BCUT2D eigenvalue weighted by atomic mass is 19.3. The van der Waals surface area contributed by atoms with Gasteiger partial charge in [0.15, 0.2) is 0 Å². The van der Waals surface area contributed by atoms with Crippen LogP contribution in [0.25, 0.3) is 0 Å². The molecule has 0 spiro atoms. The van der Waals surface area contributed by atoms with Crippen LogP contribution in [-0.2, 0) is 5.54 Å². The van der Waals surface area contributed by atoms with Crippen LogP contribution >= 0.6 is 0 Å². The quantitative estimate of drug-likeness (QED) is 0.625. The summed E-state index contributed by atoms with van der Waals surface area (Å²) in [6, 6.07) is 2.49. The number of alkyl halides is 2. The van der Waals surface area contributed by atoms with E-state index in [-0.39, 0.29) is 5.56 Å². The predicted molar refractivity (Wildman–Crippen MR) is 48.5 cm³/mol. The third-order valence-corrected chi connectivity index (χ3v) is 2.67. The predicted octanol–water partition coefficient (Wildman–Crippen LogP) is 1.93. The van der Waals surface area contributed by atoms with E-state index in [1.54, 1.807) is 0 Å². The van der Waals surface area contributed by atoms with Crippen molar-refractivity contribution in [3.05, 3.63) is 39.7 Å². The summed E-state index contributed by atoms with van der Waals surface area (Å²) in [7, 11) is 0. The molecule has 4 nitrogen and oxygen atoms in total. The molecule has 86 valence electrons. The summed E-state index contributed by atoms with van der Waals surface area (Å²) in [4.78, 5) is 9.51. The van der Waals surface area contributed by atoms with Crippen LogP contribution < -0.4 is 5.73 Å². The first-order valence-corrected chi connectivity index (χ1v) is 4.39. The largest absolute Gasteiger partial charge is 0.316 e. The minimum absolute atomic E-state index is 0.386. The van der Waals surface area contributed by atoms with Gasteiger partial charge in [0.1, 0.15) is 11.4 Å². The highest BCUT2D eigenvalue weighted by molar-refractivity contribution is 5.42. The van der Waals surface area contributed by atoms with Gasteiger partial charge in [0.25, 0.3) is 11.6 Å². The number of halogens is 3. The summed E-state index contributed by atoms with van der Waals surface area (Å²) in [6.07, 6.45) is -0.644. The third-order valence-electron chi connectivity index (χ3n) is 2.67. The van der Waals surface area contributed by atoms with E-state index in [9.17, 15) is 23.3 Å². The zero-order valence-corrected chi connectivity index (χ0v) is 7.91. The number of hydrogen-bond acceptors (Lipinski definition) is 3. The first-order chi connectivity index (χ1) is 7.28. The standard InChI is InChI=1S/C9H7F3N2O2/c10-7-3-5(14(15)16)1-2-6(7)8(13)4-9(8,11)12/h1-3H,4,13H2. The van der Waals surface area contributed by atoms with Gasteiger partial charge in [0, 0.05) is 18.1 Å². The molecule has 1 atom stereocenters. The highest BCUT2D eigenvalue weighted by Gasteiger charge is 2.70. The lowest BCUT2D eigenvalue weighted by Gasteiger charge is -2.11. The maximum atomic E-state index is 13.4. The van der Waals surface area contributed by atoms with E-state index in [1.165, 1.54) is 0 Å². The molecule has 0 radical (unpaired) electrons. The highest BCUT2D eigenvalue weighted by Crippen LogP contribution is 2.58. The van der Waals surface area contributed by atoms with Crippen molar-refractivity contribution in [3.8, 4) is 0 Å². The van der Waals surface area contributed by atoms with Crippen LogP contribution in [0.1, 0.15) is 12.0 Å². The van der Waals surface area contributed by atoms with Gasteiger partial charge < -0.3 is 5.73 Å².